The van der Waals surface area contributed by atoms with Crippen LogP contribution in [0.5, 0.6) is 0 Å². The van der Waals surface area contributed by atoms with Crippen LogP contribution in [0, 0.1) is 5.41 Å². The van der Waals surface area contributed by atoms with E-state index < -0.39 is 8.07 Å². The van der Waals surface area contributed by atoms with Crippen molar-refractivity contribution in [2.45, 2.75) is 39.2 Å². The highest BCUT2D eigenvalue weighted by molar-refractivity contribution is 6.76. The van der Waals surface area contributed by atoms with Crippen molar-refractivity contribution >= 4 is 20.0 Å². The molecule has 0 aromatic heterocycles. The summed E-state index contributed by atoms with van der Waals surface area (Å²) in [5.41, 5.74) is 2.75. The van der Waals surface area contributed by atoms with Gasteiger partial charge in [0.05, 0.1) is 34.4 Å². The van der Waals surface area contributed by atoms with Crippen LogP contribution in [0.25, 0.3) is 0 Å². The Morgan fingerprint density at radius 3 is 1.89 bits per heavy atom. The summed E-state index contributed by atoms with van der Waals surface area (Å²) in [5.74, 6) is -0.421. The average Bonchev–Trinajstić information content (AvgIpc) is 3.39. The lowest BCUT2D eigenvalue weighted by Gasteiger charge is -2.29. The molecule has 1 heterocycles. The van der Waals surface area contributed by atoms with Crippen molar-refractivity contribution in [1.82, 2.24) is 19.6 Å². The Kier molecular flexibility index (Phi) is 18.9. The predicted molar refractivity (Wildman–Crippen MR) is 191 cm³/mol. The molecule has 258 valence electrons. The summed E-state index contributed by atoms with van der Waals surface area (Å²) in [6.45, 7) is 16.3. The van der Waals surface area contributed by atoms with Crippen LogP contribution in [0.15, 0.2) is 72.8 Å². The Morgan fingerprint density at radius 1 is 0.870 bits per heavy atom. The molecule has 0 amide bonds. The van der Waals surface area contributed by atoms with Gasteiger partial charge in [-0.25, -0.2) is 4.79 Å². The van der Waals surface area contributed by atoms with Crippen molar-refractivity contribution in [3.63, 3.8) is 0 Å². The van der Waals surface area contributed by atoms with E-state index in [1.165, 1.54) is 31.5 Å². The van der Waals surface area contributed by atoms with Gasteiger partial charge in [0.2, 0.25) is 0 Å². The number of likely N-dealkylation sites (tertiary alicyclic amines) is 1. The van der Waals surface area contributed by atoms with E-state index in [-0.39, 0.29) is 17.4 Å². The van der Waals surface area contributed by atoms with Crippen LogP contribution in [0.4, 0.5) is 0 Å². The fraction of sp³-hybridized carbons (Fsp3) is 0.556. The number of likely N-dealkylation sites (N-methyl/N-ethyl adjacent to an activating group) is 1. The lowest BCUT2D eigenvalue weighted by molar-refractivity contribution is -0.153. The zero-order valence-electron chi connectivity index (χ0n) is 30.2. The number of carbonyl (C=O) groups is 2. The van der Waals surface area contributed by atoms with Gasteiger partial charge < -0.3 is 24.0 Å². The van der Waals surface area contributed by atoms with Crippen LogP contribution < -0.4 is 0 Å². The van der Waals surface area contributed by atoms with Crippen molar-refractivity contribution in [2.75, 3.05) is 88.6 Å². The van der Waals surface area contributed by atoms with Crippen LogP contribution in [0.3, 0.4) is 0 Å². The molecule has 1 atom stereocenters. The largest absolute Gasteiger partial charge is 0.469 e. The molecular weight excluding hydrogens is 597 g/mol. The maximum atomic E-state index is 12.2. The van der Waals surface area contributed by atoms with Crippen LogP contribution in [-0.4, -0.2) is 128 Å². The molecule has 2 aromatic carbocycles. The first-order valence-electron chi connectivity index (χ1n) is 15.8. The third-order valence-electron chi connectivity index (χ3n) is 7.16. The molecule has 46 heavy (non-hydrogen) atoms. The highest BCUT2D eigenvalue weighted by Crippen LogP contribution is 2.33. The number of nitrogens with zero attached hydrogens (tertiary/aromatic N) is 4. The molecule has 0 aliphatic carbocycles. The molecule has 1 unspecified atom stereocenters. The molecule has 1 aliphatic rings. The van der Waals surface area contributed by atoms with Crippen LogP contribution >= 0.6 is 0 Å². The van der Waals surface area contributed by atoms with Crippen molar-refractivity contribution in [3.8, 4) is 0 Å². The SMILES string of the molecule is C=C(CN(C)C)C(=O)OC.COC(=O)C1(CN(C)C)CCN(Cc2ccccc2)C1.COCN(Cc1ccccc1)C[Si](C)(C)C. The summed E-state index contributed by atoms with van der Waals surface area (Å²) in [6.07, 6.45) is 2.04. The lowest BCUT2D eigenvalue weighted by Crippen LogP contribution is -2.43. The quantitative estimate of drug-likeness (QED) is 0.123. The van der Waals surface area contributed by atoms with Crippen LogP contribution in [0.2, 0.25) is 19.6 Å². The summed E-state index contributed by atoms with van der Waals surface area (Å²) in [5, 5.41) is 0. The van der Waals surface area contributed by atoms with Gasteiger partial charge in [0, 0.05) is 45.4 Å². The minimum Gasteiger partial charge on any atom is -0.469 e. The van der Waals surface area contributed by atoms with Gasteiger partial charge >= 0.3 is 11.9 Å². The van der Waals surface area contributed by atoms with Crippen LogP contribution in [0.1, 0.15) is 17.5 Å². The second-order valence-corrected chi connectivity index (χ2v) is 19.2. The standard InChI is InChI=1S/C16H24N2O2.C13H23NOSi.C7H13NO2/c1-17(2)12-16(15(19)20-3)9-10-18(13-16)11-14-7-5-4-6-8-14;1-15-11-14(12-16(2,3)4)10-13-8-6-5-7-9-13;1-6(5-8(2)3)7(9)10-4/h4-8H,9-13H2,1-3H3;5-9H,10-12H2,1-4H3;1,5H2,2-4H3. The third kappa shape index (κ3) is 16.6. The summed E-state index contributed by atoms with van der Waals surface area (Å²) >= 11 is 0. The zero-order chi connectivity index (χ0) is 34.8. The normalized spacial score (nSPS) is 16.4. The van der Waals surface area contributed by atoms with Gasteiger partial charge in [0.1, 0.15) is 0 Å². The lowest BCUT2D eigenvalue weighted by atomic mass is 9.86. The Balaban J connectivity index is 0.000000366. The van der Waals surface area contributed by atoms with Crippen molar-refractivity contribution in [3.05, 3.63) is 83.9 Å². The highest BCUT2D eigenvalue weighted by Gasteiger charge is 2.45. The predicted octanol–water partition coefficient (Wildman–Crippen LogP) is 4.86. The first kappa shape index (κ1) is 41.2. The summed E-state index contributed by atoms with van der Waals surface area (Å²) < 4.78 is 14.8. The van der Waals surface area contributed by atoms with E-state index >= 15 is 0 Å². The fourth-order valence-electron chi connectivity index (χ4n) is 5.55. The minimum absolute atomic E-state index is 0.0817. The van der Waals surface area contributed by atoms with E-state index in [0.29, 0.717) is 12.1 Å². The summed E-state index contributed by atoms with van der Waals surface area (Å²) in [6, 6.07) is 21.0. The van der Waals surface area contributed by atoms with Crippen molar-refractivity contribution < 1.29 is 23.8 Å². The average molecular weight is 657 g/mol. The van der Waals surface area contributed by atoms with Crippen molar-refractivity contribution in [2.24, 2.45) is 5.41 Å². The second-order valence-electron chi connectivity index (χ2n) is 13.7. The van der Waals surface area contributed by atoms with Gasteiger partial charge in [-0.3, -0.25) is 14.6 Å². The number of esters is 2. The maximum absolute atomic E-state index is 12.2. The molecule has 1 saturated heterocycles. The van der Waals surface area contributed by atoms with Gasteiger partial charge in [-0.05, 0) is 58.5 Å². The van der Waals surface area contributed by atoms with Crippen molar-refractivity contribution in [1.29, 1.82) is 0 Å². The third-order valence-corrected chi connectivity index (χ3v) is 8.55. The number of methoxy groups -OCH3 is 3. The fourth-order valence-corrected chi connectivity index (χ4v) is 7.09. The monoisotopic (exact) mass is 656 g/mol. The highest BCUT2D eigenvalue weighted by atomic mass is 28.3. The van der Waals surface area contributed by atoms with E-state index in [2.05, 4.69) is 100 Å². The molecule has 2 aromatic rings. The molecule has 0 spiro atoms. The van der Waals surface area contributed by atoms with Crippen LogP contribution in [-0.2, 0) is 36.9 Å². The first-order valence-corrected chi connectivity index (χ1v) is 19.5. The number of benzene rings is 2. The smallest absolute Gasteiger partial charge is 0.334 e. The van der Waals surface area contributed by atoms with E-state index in [0.717, 1.165) is 45.9 Å². The Bertz CT molecular complexity index is 1160. The van der Waals surface area contributed by atoms with E-state index in [1.54, 1.807) is 7.11 Å². The second kappa shape index (κ2) is 21.1. The Morgan fingerprint density at radius 2 is 1.43 bits per heavy atom. The molecule has 0 N–H and O–H groups in total. The first-order chi connectivity index (χ1) is 21.6. The van der Waals surface area contributed by atoms with Gasteiger partial charge in [-0.1, -0.05) is 86.9 Å². The molecule has 9 nitrogen and oxygen atoms in total. The Labute approximate surface area is 280 Å². The van der Waals surface area contributed by atoms with Gasteiger partial charge in [0.15, 0.2) is 0 Å². The zero-order valence-corrected chi connectivity index (χ0v) is 31.2. The molecule has 0 radical (unpaired) electrons. The topological polar surface area (TPSA) is 74.8 Å². The van der Waals surface area contributed by atoms with Gasteiger partial charge in [-0.2, -0.15) is 0 Å². The molecule has 1 fully saturated rings. The maximum Gasteiger partial charge on any atom is 0.334 e. The van der Waals surface area contributed by atoms with Gasteiger partial charge in [0.25, 0.3) is 0 Å². The molecule has 0 bridgehead atoms. The number of rotatable bonds is 14. The van der Waals surface area contributed by atoms with E-state index in [9.17, 15) is 9.59 Å². The van der Waals surface area contributed by atoms with E-state index in [4.69, 9.17) is 9.47 Å². The van der Waals surface area contributed by atoms with Gasteiger partial charge in [-0.15, -0.1) is 0 Å². The summed E-state index contributed by atoms with van der Waals surface area (Å²) in [4.78, 5) is 31.6. The number of hydrogen-bond acceptors (Lipinski definition) is 9. The minimum atomic E-state index is -1.07. The molecule has 1 aliphatic heterocycles. The molecule has 10 heteroatoms. The summed E-state index contributed by atoms with van der Waals surface area (Å²) in [7, 11) is 11.3. The number of carbonyl (C=O) groups excluding carboxylic acids is 2. The number of hydrogen-bond donors (Lipinski definition) is 0. The number of ether oxygens (including phenoxy) is 3. The molecular formula is C36H60N4O5Si. The Hall–Kier alpha value is -2.86. The molecule has 3 rings (SSSR count). The van der Waals surface area contributed by atoms with E-state index in [1.807, 2.05) is 39.2 Å². The molecule has 0 saturated carbocycles.